The van der Waals surface area contributed by atoms with Crippen LogP contribution in [0.15, 0.2) is 54.6 Å². The van der Waals surface area contributed by atoms with Crippen LogP contribution in [0.1, 0.15) is 12.5 Å². The van der Waals surface area contributed by atoms with Crippen molar-refractivity contribution in [3.63, 3.8) is 0 Å². The Balaban J connectivity index is 1.91. The van der Waals surface area contributed by atoms with E-state index in [1.807, 2.05) is 0 Å². The second kappa shape index (κ2) is 8.63. The molecule has 1 N–H and O–H groups in total. The molecular formula is C19H18FNO4. The van der Waals surface area contributed by atoms with Gasteiger partial charge in [0.2, 0.25) is 0 Å². The van der Waals surface area contributed by atoms with Crippen LogP contribution in [0.25, 0.3) is 6.08 Å². The van der Waals surface area contributed by atoms with E-state index in [1.165, 1.54) is 50.5 Å². The smallest absolute Gasteiger partial charge is 0.331 e. The lowest BCUT2D eigenvalue weighted by atomic mass is 10.2. The van der Waals surface area contributed by atoms with E-state index in [-0.39, 0.29) is 5.82 Å². The molecule has 2 aromatic carbocycles. The highest BCUT2D eigenvalue weighted by Gasteiger charge is 2.18. The number of esters is 1. The van der Waals surface area contributed by atoms with Crippen molar-refractivity contribution in [2.24, 2.45) is 0 Å². The number of carbonyl (C=O) groups is 2. The maximum atomic E-state index is 12.8. The third-order valence-electron chi connectivity index (χ3n) is 3.31. The molecule has 0 saturated carbocycles. The van der Waals surface area contributed by atoms with Gasteiger partial charge in [-0.1, -0.05) is 24.3 Å². The first-order valence-corrected chi connectivity index (χ1v) is 7.57. The molecule has 6 heteroatoms. The molecule has 0 aliphatic rings. The summed E-state index contributed by atoms with van der Waals surface area (Å²) >= 11 is 0. The fraction of sp³-hybridized carbons (Fsp3) is 0.158. The average Bonchev–Trinajstić information content (AvgIpc) is 2.61. The fourth-order valence-electron chi connectivity index (χ4n) is 1.99. The van der Waals surface area contributed by atoms with Crippen LogP contribution in [0.5, 0.6) is 5.75 Å². The molecule has 0 fully saturated rings. The van der Waals surface area contributed by atoms with Gasteiger partial charge in [0.1, 0.15) is 11.6 Å². The molecule has 0 bridgehead atoms. The minimum atomic E-state index is -0.990. The first-order chi connectivity index (χ1) is 12.0. The van der Waals surface area contributed by atoms with Crippen LogP contribution < -0.4 is 10.1 Å². The minimum Gasteiger partial charge on any atom is -0.495 e. The van der Waals surface area contributed by atoms with E-state index < -0.39 is 18.0 Å². The Hall–Kier alpha value is -3.15. The molecule has 5 nitrogen and oxygen atoms in total. The number of rotatable bonds is 6. The Morgan fingerprint density at radius 3 is 2.48 bits per heavy atom. The number of hydrogen-bond donors (Lipinski definition) is 1. The molecule has 1 amide bonds. The van der Waals surface area contributed by atoms with Crippen LogP contribution in [-0.2, 0) is 14.3 Å². The molecule has 25 heavy (non-hydrogen) atoms. The second-order valence-electron chi connectivity index (χ2n) is 5.15. The number of methoxy groups -OCH3 is 1. The summed E-state index contributed by atoms with van der Waals surface area (Å²) in [7, 11) is 1.49. The molecule has 130 valence electrons. The highest BCUT2D eigenvalue weighted by Crippen LogP contribution is 2.23. The third-order valence-corrected chi connectivity index (χ3v) is 3.31. The molecular weight excluding hydrogens is 325 g/mol. The molecule has 1 atom stereocenters. The summed E-state index contributed by atoms with van der Waals surface area (Å²) in [5.74, 6) is -1.01. The number of ether oxygens (including phenoxy) is 2. The zero-order valence-electron chi connectivity index (χ0n) is 13.9. The van der Waals surface area contributed by atoms with Crippen LogP contribution in [0.2, 0.25) is 0 Å². The SMILES string of the molecule is COc1ccccc1NC(=O)[C@H](C)OC(=O)/C=C/c1ccc(F)cc1. The van der Waals surface area contributed by atoms with Crippen molar-refractivity contribution in [3.05, 3.63) is 66.0 Å². The van der Waals surface area contributed by atoms with Gasteiger partial charge in [0.15, 0.2) is 6.10 Å². The van der Waals surface area contributed by atoms with E-state index in [2.05, 4.69) is 5.32 Å². The van der Waals surface area contributed by atoms with E-state index >= 15 is 0 Å². The topological polar surface area (TPSA) is 64.6 Å². The molecule has 0 spiro atoms. The predicted molar refractivity (Wildman–Crippen MR) is 92.6 cm³/mol. The van der Waals surface area contributed by atoms with E-state index in [4.69, 9.17) is 9.47 Å². The summed E-state index contributed by atoms with van der Waals surface area (Å²) in [4.78, 5) is 23.9. The monoisotopic (exact) mass is 343 g/mol. The maximum absolute atomic E-state index is 12.8. The number of para-hydroxylation sites is 2. The lowest BCUT2D eigenvalue weighted by molar-refractivity contribution is -0.148. The van der Waals surface area contributed by atoms with E-state index in [0.717, 1.165) is 0 Å². The lowest BCUT2D eigenvalue weighted by Gasteiger charge is -2.14. The standard InChI is InChI=1S/C19H18FNO4/c1-13(19(23)21-16-5-3-4-6-17(16)24-2)25-18(22)12-9-14-7-10-15(20)11-8-14/h3-13H,1-2H3,(H,21,23)/b12-9+/t13-/m0/s1. The van der Waals surface area contributed by atoms with Gasteiger partial charge in [0.25, 0.3) is 5.91 Å². The van der Waals surface area contributed by atoms with Gasteiger partial charge in [-0.05, 0) is 42.8 Å². The van der Waals surface area contributed by atoms with Crippen molar-refractivity contribution in [2.45, 2.75) is 13.0 Å². The van der Waals surface area contributed by atoms with Gasteiger partial charge in [-0.15, -0.1) is 0 Å². The Morgan fingerprint density at radius 2 is 1.80 bits per heavy atom. The third kappa shape index (κ3) is 5.46. The number of hydrogen-bond acceptors (Lipinski definition) is 4. The molecule has 2 aromatic rings. The van der Waals surface area contributed by atoms with Crippen molar-refractivity contribution in [1.82, 2.24) is 0 Å². The van der Waals surface area contributed by atoms with Crippen molar-refractivity contribution >= 4 is 23.6 Å². The van der Waals surface area contributed by atoms with E-state index in [0.29, 0.717) is 17.0 Å². The van der Waals surface area contributed by atoms with Crippen molar-refractivity contribution in [1.29, 1.82) is 0 Å². The number of carbonyl (C=O) groups excluding carboxylic acids is 2. The first-order valence-electron chi connectivity index (χ1n) is 7.57. The molecule has 0 aromatic heterocycles. The van der Waals surface area contributed by atoms with Crippen molar-refractivity contribution in [2.75, 3.05) is 12.4 Å². The predicted octanol–water partition coefficient (Wildman–Crippen LogP) is 3.42. The summed E-state index contributed by atoms with van der Waals surface area (Å²) in [5.41, 5.74) is 1.13. The molecule has 0 heterocycles. The van der Waals surface area contributed by atoms with Gasteiger partial charge in [-0.3, -0.25) is 4.79 Å². The van der Waals surface area contributed by atoms with Crippen molar-refractivity contribution in [3.8, 4) is 5.75 Å². The van der Waals surface area contributed by atoms with Gasteiger partial charge >= 0.3 is 5.97 Å². The van der Waals surface area contributed by atoms with Crippen LogP contribution >= 0.6 is 0 Å². The molecule has 0 saturated heterocycles. The summed E-state index contributed by atoms with van der Waals surface area (Å²) in [5, 5.41) is 2.64. The van der Waals surface area contributed by atoms with Crippen molar-refractivity contribution < 1.29 is 23.5 Å². The highest BCUT2D eigenvalue weighted by atomic mass is 19.1. The first kappa shape index (κ1) is 18.2. The number of benzene rings is 2. The second-order valence-corrected chi connectivity index (χ2v) is 5.15. The highest BCUT2D eigenvalue weighted by molar-refractivity contribution is 5.97. The van der Waals surface area contributed by atoms with E-state index in [9.17, 15) is 14.0 Å². The Kier molecular flexibility index (Phi) is 6.28. The lowest BCUT2D eigenvalue weighted by Crippen LogP contribution is -2.29. The minimum absolute atomic E-state index is 0.360. The van der Waals surface area contributed by atoms with Crippen LogP contribution in [0, 0.1) is 5.82 Å². The van der Waals surface area contributed by atoms with Crippen LogP contribution in [-0.4, -0.2) is 25.1 Å². The molecule has 0 aliphatic carbocycles. The fourth-order valence-corrected chi connectivity index (χ4v) is 1.99. The quantitative estimate of drug-likeness (QED) is 0.645. The molecule has 0 radical (unpaired) electrons. The zero-order chi connectivity index (χ0) is 18.2. The summed E-state index contributed by atoms with van der Waals surface area (Å²) in [6, 6.07) is 12.5. The van der Waals surface area contributed by atoms with Gasteiger partial charge < -0.3 is 14.8 Å². The number of halogens is 1. The molecule has 0 unspecified atom stereocenters. The molecule has 0 aliphatic heterocycles. The average molecular weight is 343 g/mol. The Bertz CT molecular complexity index is 771. The van der Waals surface area contributed by atoms with Gasteiger partial charge in [-0.2, -0.15) is 0 Å². The van der Waals surface area contributed by atoms with Gasteiger partial charge in [0.05, 0.1) is 12.8 Å². The Morgan fingerprint density at radius 1 is 1.12 bits per heavy atom. The largest absolute Gasteiger partial charge is 0.495 e. The maximum Gasteiger partial charge on any atom is 0.331 e. The number of nitrogens with one attached hydrogen (secondary N) is 1. The summed E-state index contributed by atoms with van der Waals surface area (Å²) in [6.45, 7) is 1.47. The number of anilines is 1. The van der Waals surface area contributed by atoms with Gasteiger partial charge in [-0.25, -0.2) is 9.18 Å². The van der Waals surface area contributed by atoms with E-state index in [1.54, 1.807) is 24.3 Å². The summed E-state index contributed by atoms with van der Waals surface area (Å²) < 4.78 is 23.0. The summed E-state index contributed by atoms with van der Waals surface area (Å²) in [6.07, 6.45) is 1.67. The zero-order valence-corrected chi connectivity index (χ0v) is 13.9. The Labute approximate surface area is 145 Å². The number of amides is 1. The van der Waals surface area contributed by atoms with Gasteiger partial charge in [0, 0.05) is 6.08 Å². The normalized spacial score (nSPS) is 11.8. The molecule has 2 rings (SSSR count). The van der Waals surface area contributed by atoms with Crippen LogP contribution in [0.3, 0.4) is 0 Å². The van der Waals surface area contributed by atoms with Crippen LogP contribution in [0.4, 0.5) is 10.1 Å².